The first-order chi connectivity index (χ1) is 7.74. The van der Waals surface area contributed by atoms with E-state index >= 15 is 0 Å². The van der Waals surface area contributed by atoms with Gasteiger partial charge in [0.15, 0.2) is 0 Å². The number of nitrogens with two attached hydrogens (primary N) is 1. The van der Waals surface area contributed by atoms with Crippen LogP contribution in [0.1, 0.15) is 34.5 Å². The molecule has 16 heavy (non-hydrogen) atoms. The molecular formula is C12H15NO3. The van der Waals surface area contributed by atoms with Gasteiger partial charge < -0.3 is 15.2 Å². The zero-order chi connectivity index (χ0) is 11.5. The molecule has 0 bridgehead atoms. The van der Waals surface area contributed by atoms with Crippen molar-refractivity contribution in [3.05, 3.63) is 34.9 Å². The van der Waals surface area contributed by atoms with E-state index in [1.807, 2.05) is 12.1 Å². The van der Waals surface area contributed by atoms with Gasteiger partial charge in [0.1, 0.15) is 0 Å². The molecule has 0 radical (unpaired) electrons. The van der Waals surface area contributed by atoms with Crippen LogP contribution in [-0.4, -0.2) is 19.2 Å². The molecule has 4 nitrogen and oxygen atoms in total. The lowest BCUT2D eigenvalue weighted by Crippen LogP contribution is -2.26. The second kappa shape index (κ2) is 4.63. The zero-order valence-electron chi connectivity index (χ0n) is 9.23. The summed E-state index contributed by atoms with van der Waals surface area (Å²) < 4.78 is 10.3. The highest BCUT2D eigenvalue weighted by molar-refractivity contribution is 5.91. The van der Waals surface area contributed by atoms with Crippen LogP contribution in [0.15, 0.2) is 18.2 Å². The number of hydrogen-bond donors (Lipinski definition) is 1. The summed E-state index contributed by atoms with van der Waals surface area (Å²) in [6.45, 7) is 3.12. The highest BCUT2D eigenvalue weighted by Crippen LogP contribution is 2.27. The monoisotopic (exact) mass is 221 g/mol. The summed E-state index contributed by atoms with van der Waals surface area (Å²) in [6, 6.07) is 5.26. The molecule has 0 amide bonds. The van der Waals surface area contributed by atoms with Crippen molar-refractivity contribution >= 4 is 5.97 Å². The lowest BCUT2D eigenvalue weighted by atomic mass is 9.94. The maximum Gasteiger partial charge on any atom is 0.338 e. The molecule has 0 spiro atoms. The second-order valence-electron chi connectivity index (χ2n) is 3.72. The van der Waals surface area contributed by atoms with E-state index < -0.39 is 0 Å². The summed E-state index contributed by atoms with van der Waals surface area (Å²) in [5, 5.41) is 0. The molecular weight excluding hydrogens is 206 g/mol. The van der Waals surface area contributed by atoms with Gasteiger partial charge in [0, 0.05) is 0 Å². The van der Waals surface area contributed by atoms with Crippen molar-refractivity contribution in [3.8, 4) is 0 Å². The van der Waals surface area contributed by atoms with Gasteiger partial charge in [-0.1, -0.05) is 12.1 Å². The van der Waals surface area contributed by atoms with E-state index in [4.69, 9.17) is 15.2 Å². The number of fused-ring (bicyclic) bond motifs is 1. The molecule has 0 saturated heterocycles. The standard InChI is InChI=1S/C12H15NO3/c1-2-16-12(14)9-5-3-4-8-6-15-7-10(13)11(8)9/h3-5,10H,2,6-7,13H2,1H3/t10-/m0/s1. The zero-order valence-corrected chi connectivity index (χ0v) is 9.23. The highest BCUT2D eigenvalue weighted by atomic mass is 16.5. The molecule has 1 aliphatic rings. The Bertz CT molecular complexity index is 403. The van der Waals surface area contributed by atoms with Gasteiger partial charge in [0.25, 0.3) is 0 Å². The number of benzene rings is 1. The fraction of sp³-hybridized carbons (Fsp3) is 0.417. The van der Waals surface area contributed by atoms with E-state index in [1.165, 1.54) is 0 Å². The fourth-order valence-electron chi connectivity index (χ4n) is 1.94. The lowest BCUT2D eigenvalue weighted by Gasteiger charge is -2.24. The van der Waals surface area contributed by atoms with Crippen molar-refractivity contribution in [2.24, 2.45) is 5.73 Å². The number of ether oxygens (including phenoxy) is 2. The lowest BCUT2D eigenvalue weighted by molar-refractivity contribution is 0.0516. The van der Waals surface area contributed by atoms with Crippen molar-refractivity contribution < 1.29 is 14.3 Å². The van der Waals surface area contributed by atoms with E-state index in [-0.39, 0.29) is 12.0 Å². The molecule has 0 aliphatic carbocycles. The van der Waals surface area contributed by atoms with Gasteiger partial charge in [0.05, 0.1) is 31.4 Å². The third-order valence-electron chi connectivity index (χ3n) is 2.62. The van der Waals surface area contributed by atoms with Crippen molar-refractivity contribution in [2.45, 2.75) is 19.6 Å². The Hall–Kier alpha value is -1.39. The molecule has 1 aliphatic heterocycles. The van der Waals surface area contributed by atoms with Crippen LogP contribution in [-0.2, 0) is 16.1 Å². The van der Waals surface area contributed by atoms with Crippen molar-refractivity contribution in [1.29, 1.82) is 0 Å². The van der Waals surface area contributed by atoms with Crippen LogP contribution in [0.5, 0.6) is 0 Å². The van der Waals surface area contributed by atoms with E-state index in [1.54, 1.807) is 13.0 Å². The van der Waals surface area contributed by atoms with Gasteiger partial charge in [-0.25, -0.2) is 4.79 Å². The maximum absolute atomic E-state index is 11.7. The minimum absolute atomic E-state index is 0.246. The molecule has 4 heteroatoms. The van der Waals surface area contributed by atoms with Gasteiger partial charge in [0.2, 0.25) is 0 Å². The average molecular weight is 221 g/mol. The smallest absolute Gasteiger partial charge is 0.338 e. The quantitative estimate of drug-likeness (QED) is 0.767. The van der Waals surface area contributed by atoms with Gasteiger partial charge >= 0.3 is 5.97 Å². The van der Waals surface area contributed by atoms with Crippen molar-refractivity contribution in [2.75, 3.05) is 13.2 Å². The van der Waals surface area contributed by atoms with Gasteiger partial charge in [-0.2, -0.15) is 0 Å². The minimum atomic E-state index is -0.309. The molecule has 2 rings (SSSR count). The third kappa shape index (κ3) is 1.94. The predicted molar refractivity (Wildman–Crippen MR) is 59.0 cm³/mol. The average Bonchev–Trinajstić information content (AvgIpc) is 2.29. The predicted octanol–water partition coefficient (Wildman–Crippen LogP) is 1.39. The summed E-state index contributed by atoms with van der Waals surface area (Å²) in [4.78, 5) is 11.7. The summed E-state index contributed by atoms with van der Waals surface area (Å²) in [5.74, 6) is -0.309. The minimum Gasteiger partial charge on any atom is -0.462 e. The summed E-state index contributed by atoms with van der Waals surface area (Å²) in [7, 11) is 0. The van der Waals surface area contributed by atoms with Crippen LogP contribution in [0.25, 0.3) is 0 Å². The topological polar surface area (TPSA) is 61.5 Å². The Balaban J connectivity index is 2.42. The van der Waals surface area contributed by atoms with Crippen LogP contribution < -0.4 is 5.73 Å². The first kappa shape index (κ1) is 11.1. The maximum atomic E-state index is 11.7. The molecule has 0 fully saturated rings. The Labute approximate surface area is 94.3 Å². The number of carbonyl (C=O) groups is 1. The van der Waals surface area contributed by atoms with Crippen molar-refractivity contribution in [1.82, 2.24) is 0 Å². The van der Waals surface area contributed by atoms with E-state index in [2.05, 4.69) is 0 Å². The highest BCUT2D eigenvalue weighted by Gasteiger charge is 2.24. The van der Waals surface area contributed by atoms with Gasteiger partial charge in [-0.3, -0.25) is 0 Å². The molecule has 0 aromatic heterocycles. The van der Waals surface area contributed by atoms with E-state index in [0.29, 0.717) is 25.4 Å². The number of carbonyl (C=O) groups excluding carboxylic acids is 1. The molecule has 1 aromatic rings. The normalized spacial score (nSPS) is 19.0. The largest absolute Gasteiger partial charge is 0.462 e. The summed E-state index contributed by atoms with van der Waals surface area (Å²) in [5.41, 5.74) is 8.36. The number of rotatable bonds is 2. The van der Waals surface area contributed by atoms with Crippen LogP contribution in [0.2, 0.25) is 0 Å². The molecule has 0 unspecified atom stereocenters. The third-order valence-corrected chi connectivity index (χ3v) is 2.62. The number of hydrogen-bond acceptors (Lipinski definition) is 4. The van der Waals surface area contributed by atoms with E-state index in [0.717, 1.165) is 11.1 Å². The van der Waals surface area contributed by atoms with Crippen LogP contribution in [0, 0.1) is 0 Å². The SMILES string of the molecule is CCOC(=O)c1cccc2c1[C@@H](N)COC2. The Kier molecular flexibility index (Phi) is 3.22. The second-order valence-corrected chi connectivity index (χ2v) is 3.72. The first-order valence-corrected chi connectivity index (χ1v) is 5.36. The van der Waals surface area contributed by atoms with Crippen LogP contribution in [0.4, 0.5) is 0 Å². The molecule has 1 heterocycles. The fourth-order valence-corrected chi connectivity index (χ4v) is 1.94. The summed E-state index contributed by atoms with van der Waals surface area (Å²) >= 11 is 0. The van der Waals surface area contributed by atoms with Crippen molar-refractivity contribution in [3.63, 3.8) is 0 Å². The molecule has 0 saturated carbocycles. The van der Waals surface area contributed by atoms with Crippen LogP contribution in [0.3, 0.4) is 0 Å². The molecule has 86 valence electrons. The molecule has 2 N–H and O–H groups in total. The number of esters is 1. The Morgan fingerprint density at radius 2 is 2.44 bits per heavy atom. The molecule has 1 atom stereocenters. The van der Waals surface area contributed by atoms with Crippen LogP contribution >= 0.6 is 0 Å². The Morgan fingerprint density at radius 1 is 1.62 bits per heavy atom. The first-order valence-electron chi connectivity index (χ1n) is 5.36. The molecule has 1 aromatic carbocycles. The summed E-state index contributed by atoms with van der Waals surface area (Å²) in [6.07, 6.45) is 0. The van der Waals surface area contributed by atoms with Gasteiger partial charge in [-0.15, -0.1) is 0 Å². The van der Waals surface area contributed by atoms with Gasteiger partial charge in [-0.05, 0) is 24.1 Å². The van der Waals surface area contributed by atoms with E-state index in [9.17, 15) is 4.79 Å². The Morgan fingerprint density at radius 3 is 3.19 bits per heavy atom.